The summed E-state index contributed by atoms with van der Waals surface area (Å²) in [7, 11) is 4.67. The number of amides is 2. The van der Waals surface area contributed by atoms with Crippen LogP contribution in [0.2, 0.25) is 0 Å². The number of rotatable bonds is 11. The Balaban J connectivity index is 1.68. The van der Waals surface area contributed by atoms with Gasteiger partial charge in [0.2, 0.25) is 11.8 Å². The second-order valence-corrected chi connectivity index (χ2v) is 8.20. The van der Waals surface area contributed by atoms with E-state index in [1.165, 1.54) is 7.11 Å². The molecule has 3 rings (SSSR count). The largest absolute Gasteiger partial charge is 0.497 e. The molecular formula is C28H32N4O5. The van der Waals surface area contributed by atoms with E-state index in [4.69, 9.17) is 19.9 Å². The van der Waals surface area contributed by atoms with Gasteiger partial charge in [0.25, 0.3) is 0 Å². The maximum absolute atomic E-state index is 13.1. The van der Waals surface area contributed by atoms with Gasteiger partial charge in [0.05, 0.1) is 27.8 Å². The van der Waals surface area contributed by atoms with Crippen LogP contribution >= 0.6 is 0 Å². The highest BCUT2D eigenvalue weighted by Gasteiger charge is 2.19. The van der Waals surface area contributed by atoms with E-state index in [1.54, 1.807) is 32.4 Å². The van der Waals surface area contributed by atoms with Crippen LogP contribution in [0.25, 0.3) is 0 Å². The number of carbonyl (C=O) groups excluding carboxylic acids is 2. The van der Waals surface area contributed by atoms with Crippen LogP contribution in [0.1, 0.15) is 16.7 Å². The molecule has 9 heteroatoms. The second-order valence-electron chi connectivity index (χ2n) is 8.20. The number of nitrogens with one attached hydrogen (secondary N) is 2. The fourth-order valence-electron chi connectivity index (χ4n) is 3.65. The van der Waals surface area contributed by atoms with Crippen LogP contribution in [0.4, 0.5) is 0 Å². The zero-order chi connectivity index (χ0) is 26.6. The average molecular weight is 505 g/mol. The van der Waals surface area contributed by atoms with Gasteiger partial charge in [-0.3, -0.25) is 14.9 Å². The average Bonchev–Trinajstić information content (AvgIpc) is 2.92. The summed E-state index contributed by atoms with van der Waals surface area (Å²) in [5.74, 6) is 1.01. The molecule has 194 valence electrons. The molecule has 2 amide bonds. The Morgan fingerprint density at radius 1 is 0.838 bits per heavy atom. The van der Waals surface area contributed by atoms with Crippen LogP contribution < -0.4 is 30.6 Å². The van der Waals surface area contributed by atoms with Gasteiger partial charge in [0.1, 0.15) is 11.8 Å². The van der Waals surface area contributed by atoms with Gasteiger partial charge in [0, 0.05) is 13.0 Å². The molecule has 1 unspecified atom stereocenters. The van der Waals surface area contributed by atoms with Crippen molar-refractivity contribution in [3.63, 3.8) is 0 Å². The zero-order valence-corrected chi connectivity index (χ0v) is 21.2. The molecule has 0 bridgehead atoms. The number of carbonyl (C=O) groups is 2. The molecule has 0 saturated carbocycles. The number of benzene rings is 3. The van der Waals surface area contributed by atoms with Crippen LogP contribution in [0, 0.1) is 0 Å². The highest BCUT2D eigenvalue weighted by molar-refractivity contribution is 5.98. The van der Waals surface area contributed by atoms with Crippen molar-refractivity contribution in [2.75, 3.05) is 21.3 Å². The Hall–Kier alpha value is -4.53. The third kappa shape index (κ3) is 8.28. The van der Waals surface area contributed by atoms with Gasteiger partial charge in [-0.1, -0.05) is 48.5 Å². The SMILES string of the molecule is COc1ccc(CNC(=O)C(Cc2ccccc2)N=C(N)NC(=O)Cc2ccc(OC)c(OC)c2)cc1. The Labute approximate surface area is 216 Å². The first kappa shape index (κ1) is 27.1. The standard InChI is InChI=1S/C28H32N4O5/c1-35-22-12-9-20(10-13-22)18-30-27(34)23(15-19-7-5-4-6-8-19)31-28(29)32-26(33)17-21-11-14-24(36-2)25(16-21)37-3/h4-14,16,23H,15,17-18H2,1-3H3,(H,30,34)(H3,29,31,32,33). The lowest BCUT2D eigenvalue weighted by molar-refractivity contribution is -0.122. The van der Waals surface area contributed by atoms with E-state index in [0.29, 0.717) is 30.0 Å². The third-order valence-corrected chi connectivity index (χ3v) is 5.58. The summed E-state index contributed by atoms with van der Waals surface area (Å²) in [6.07, 6.45) is 0.366. The smallest absolute Gasteiger partial charge is 0.245 e. The van der Waals surface area contributed by atoms with E-state index < -0.39 is 6.04 Å². The topological polar surface area (TPSA) is 124 Å². The molecule has 3 aromatic carbocycles. The van der Waals surface area contributed by atoms with Gasteiger partial charge in [-0.15, -0.1) is 0 Å². The van der Waals surface area contributed by atoms with Gasteiger partial charge in [0.15, 0.2) is 17.5 Å². The molecule has 4 N–H and O–H groups in total. The molecule has 9 nitrogen and oxygen atoms in total. The third-order valence-electron chi connectivity index (χ3n) is 5.58. The molecule has 0 radical (unpaired) electrons. The first-order valence-electron chi connectivity index (χ1n) is 11.7. The highest BCUT2D eigenvalue weighted by atomic mass is 16.5. The fraction of sp³-hybridized carbons (Fsp3) is 0.250. The van der Waals surface area contributed by atoms with Crippen molar-refractivity contribution in [1.82, 2.24) is 10.6 Å². The van der Waals surface area contributed by atoms with Crippen molar-refractivity contribution in [1.29, 1.82) is 0 Å². The van der Waals surface area contributed by atoms with Crippen molar-refractivity contribution in [2.45, 2.75) is 25.4 Å². The molecule has 3 aromatic rings. The predicted octanol–water partition coefficient (Wildman–Crippen LogP) is 2.61. The van der Waals surface area contributed by atoms with E-state index in [9.17, 15) is 9.59 Å². The van der Waals surface area contributed by atoms with E-state index in [0.717, 1.165) is 16.9 Å². The number of ether oxygens (including phenoxy) is 3. The molecule has 0 aromatic heterocycles. The summed E-state index contributed by atoms with van der Waals surface area (Å²) < 4.78 is 15.7. The summed E-state index contributed by atoms with van der Waals surface area (Å²) in [5.41, 5.74) is 8.58. The van der Waals surface area contributed by atoms with Crippen molar-refractivity contribution in [3.05, 3.63) is 89.5 Å². The van der Waals surface area contributed by atoms with Crippen LogP contribution in [-0.2, 0) is 29.0 Å². The molecule has 0 heterocycles. The summed E-state index contributed by atoms with van der Waals surface area (Å²) in [6.45, 7) is 0.315. The van der Waals surface area contributed by atoms with Gasteiger partial charge < -0.3 is 25.3 Å². The minimum absolute atomic E-state index is 0.0452. The first-order valence-corrected chi connectivity index (χ1v) is 11.7. The fourth-order valence-corrected chi connectivity index (χ4v) is 3.65. The van der Waals surface area contributed by atoms with Crippen LogP contribution in [0.5, 0.6) is 17.2 Å². The normalized spacial score (nSPS) is 11.8. The summed E-state index contributed by atoms with van der Waals surface area (Å²) in [4.78, 5) is 30.0. The van der Waals surface area contributed by atoms with Crippen molar-refractivity contribution < 1.29 is 23.8 Å². The Morgan fingerprint density at radius 2 is 1.51 bits per heavy atom. The van der Waals surface area contributed by atoms with Crippen LogP contribution in [0.15, 0.2) is 77.8 Å². The number of aliphatic imine (C=N–C) groups is 1. The number of hydrogen-bond donors (Lipinski definition) is 3. The van der Waals surface area contributed by atoms with Crippen LogP contribution in [0.3, 0.4) is 0 Å². The van der Waals surface area contributed by atoms with Crippen molar-refractivity contribution in [3.8, 4) is 17.2 Å². The number of hydrogen-bond acceptors (Lipinski definition) is 6. The second kappa shape index (κ2) is 13.5. The Bertz CT molecular complexity index is 1210. The minimum atomic E-state index is -0.831. The molecule has 0 saturated heterocycles. The summed E-state index contributed by atoms with van der Waals surface area (Å²) in [6, 6.07) is 21.3. The van der Waals surface area contributed by atoms with Crippen molar-refractivity contribution in [2.24, 2.45) is 10.7 Å². The van der Waals surface area contributed by atoms with Gasteiger partial charge >= 0.3 is 0 Å². The molecule has 0 aliphatic carbocycles. The van der Waals surface area contributed by atoms with E-state index in [1.807, 2.05) is 54.6 Å². The number of nitrogens with two attached hydrogens (primary N) is 1. The molecule has 1 atom stereocenters. The lowest BCUT2D eigenvalue weighted by Gasteiger charge is -2.15. The van der Waals surface area contributed by atoms with Crippen molar-refractivity contribution >= 4 is 17.8 Å². The maximum Gasteiger partial charge on any atom is 0.245 e. The Kier molecular flexibility index (Phi) is 9.90. The van der Waals surface area contributed by atoms with Gasteiger partial charge in [-0.05, 0) is 41.0 Å². The highest BCUT2D eigenvalue weighted by Crippen LogP contribution is 2.27. The van der Waals surface area contributed by atoms with E-state index >= 15 is 0 Å². The molecular weight excluding hydrogens is 472 g/mol. The summed E-state index contributed by atoms with van der Waals surface area (Å²) in [5, 5.41) is 5.47. The van der Waals surface area contributed by atoms with E-state index in [-0.39, 0.29) is 24.2 Å². The lowest BCUT2D eigenvalue weighted by Crippen LogP contribution is -2.42. The lowest BCUT2D eigenvalue weighted by atomic mass is 10.1. The monoisotopic (exact) mass is 504 g/mol. The number of methoxy groups -OCH3 is 3. The zero-order valence-electron chi connectivity index (χ0n) is 21.2. The summed E-state index contributed by atoms with van der Waals surface area (Å²) >= 11 is 0. The quantitative estimate of drug-likeness (QED) is 0.272. The maximum atomic E-state index is 13.1. The number of guanidine groups is 1. The molecule has 0 fully saturated rings. The molecule has 0 aliphatic rings. The Morgan fingerprint density at radius 3 is 2.16 bits per heavy atom. The van der Waals surface area contributed by atoms with E-state index in [2.05, 4.69) is 15.6 Å². The number of nitrogens with zero attached hydrogens (tertiary/aromatic N) is 1. The van der Waals surface area contributed by atoms with Crippen LogP contribution in [-0.4, -0.2) is 45.1 Å². The predicted molar refractivity (Wildman–Crippen MR) is 142 cm³/mol. The molecule has 0 spiro atoms. The van der Waals surface area contributed by atoms with Gasteiger partial charge in [-0.25, -0.2) is 4.99 Å². The van der Waals surface area contributed by atoms with Gasteiger partial charge in [-0.2, -0.15) is 0 Å². The first-order chi connectivity index (χ1) is 17.9. The molecule has 37 heavy (non-hydrogen) atoms. The minimum Gasteiger partial charge on any atom is -0.497 e. The molecule has 0 aliphatic heterocycles.